The summed E-state index contributed by atoms with van der Waals surface area (Å²) >= 11 is 0. The molecule has 0 heterocycles. The van der Waals surface area contributed by atoms with E-state index in [-0.39, 0.29) is 5.91 Å². The molecule has 1 unspecified atom stereocenters. The molecule has 5 nitrogen and oxygen atoms in total. The van der Waals surface area contributed by atoms with Gasteiger partial charge >= 0.3 is 0 Å². The summed E-state index contributed by atoms with van der Waals surface area (Å²) in [7, 11) is 3.55. The minimum Gasteiger partial charge on any atom is -0.494 e. The predicted octanol–water partition coefficient (Wildman–Crippen LogP) is 1.95. The molecule has 1 saturated carbocycles. The summed E-state index contributed by atoms with van der Waals surface area (Å²) in [6.45, 7) is 2.56. The lowest BCUT2D eigenvalue weighted by atomic mass is 10.2. The van der Waals surface area contributed by atoms with E-state index < -0.39 is 0 Å². The molecule has 1 aliphatic rings. The zero-order chi connectivity index (χ0) is 14.7. The average molecular weight is 277 g/mol. The highest BCUT2D eigenvalue weighted by atomic mass is 16.5. The van der Waals surface area contributed by atoms with E-state index in [1.807, 2.05) is 7.05 Å². The van der Waals surface area contributed by atoms with Crippen molar-refractivity contribution in [3.8, 4) is 5.75 Å². The number of nitrogens with one attached hydrogen (secondary N) is 1. The van der Waals surface area contributed by atoms with Crippen LogP contribution in [0.2, 0.25) is 0 Å². The van der Waals surface area contributed by atoms with Crippen LogP contribution in [0.1, 0.15) is 19.8 Å². The second-order valence-corrected chi connectivity index (χ2v) is 5.50. The second-order valence-electron chi connectivity index (χ2n) is 5.50. The lowest BCUT2D eigenvalue weighted by Gasteiger charge is -2.24. The number of nitrogens with zero attached hydrogens (tertiary/aromatic N) is 1. The number of nitrogens with two attached hydrogens (primary N) is 1. The number of benzene rings is 1. The zero-order valence-corrected chi connectivity index (χ0v) is 12.3. The highest BCUT2D eigenvalue weighted by Gasteiger charge is 2.31. The number of ether oxygens (including phenoxy) is 1. The van der Waals surface area contributed by atoms with E-state index in [0.29, 0.717) is 29.7 Å². The maximum Gasteiger partial charge on any atom is 0.238 e. The number of nitrogen functional groups attached to an aromatic ring is 1. The molecule has 0 bridgehead atoms. The first-order valence-corrected chi connectivity index (χ1v) is 6.95. The van der Waals surface area contributed by atoms with Crippen LogP contribution in [0.15, 0.2) is 18.2 Å². The number of methoxy groups -OCH3 is 1. The molecule has 2 rings (SSSR count). The molecule has 1 fully saturated rings. The smallest absolute Gasteiger partial charge is 0.238 e. The number of carbonyl (C=O) groups is 1. The molecule has 1 aromatic carbocycles. The van der Waals surface area contributed by atoms with Crippen molar-refractivity contribution in [2.45, 2.75) is 25.8 Å². The molecule has 1 aliphatic carbocycles. The van der Waals surface area contributed by atoms with Crippen molar-refractivity contribution < 1.29 is 9.53 Å². The summed E-state index contributed by atoms with van der Waals surface area (Å²) < 4.78 is 5.22. The van der Waals surface area contributed by atoms with E-state index in [0.717, 1.165) is 5.92 Å². The average Bonchev–Trinajstić information content (AvgIpc) is 3.24. The molecule has 0 aliphatic heterocycles. The first-order valence-electron chi connectivity index (χ1n) is 6.95. The Hall–Kier alpha value is -1.75. The van der Waals surface area contributed by atoms with Crippen molar-refractivity contribution in [1.29, 1.82) is 0 Å². The van der Waals surface area contributed by atoms with Crippen LogP contribution in [0.3, 0.4) is 0 Å². The Morgan fingerprint density at radius 3 is 2.85 bits per heavy atom. The quantitative estimate of drug-likeness (QED) is 0.780. The molecule has 20 heavy (non-hydrogen) atoms. The van der Waals surface area contributed by atoms with Crippen molar-refractivity contribution in [2.24, 2.45) is 5.92 Å². The molecule has 1 amide bonds. The fraction of sp³-hybridized carbons (Fsp3) is 0.533. The molecule has 0 spiro atoms. The van der Waals surface area contributed by atoms with E-state index >= 15 is 0 Å². The monoisotopic (exact) mass is 277 g/mol. The molecule has 1 aromatic rings. The standard InChI is InChI=1S/C15H23N3O2/c1-10(11-4-5-11)18(2)9-15(19)17-13-7-6-12(16)8-14(13)20-3/h6-8,10-11H,4-5,9,16H2,1-3H3,(H,17,19). The van der Waals surface area contributed by atoms with Crippen molar-refractivity contribution >= 4 is 17.3 Å². The minimum absolute atomic E-state index is 0.0388. The molecule has 110 valence electrons. The SMILES string of the molecule is COc1cc(N)ccc1NC(=O)CN(C)C(C)C1CC1. The predicted molar refractivity (Wildman–Crippen MR) is 80.9 cm³/mol. The van der Waals surface area contributed by atoms with Gasteiger partial charge in [0.05, 0.1) is 19.3 Å². The number of likely N-dealkylation sites (N-methyl/N-ethyl adjacent to an activating group) is 1. The second kappa shape index (κ2) is 6.13. The van der Waals surface area contributed by atoms with Gasteiger partial charge in [0, 0.05) is 17.8 Å². The van der Waals surface area contributed by atoms with Gasteiger partial charge in [0.25, 0.3) is 0 Å². The third kappa shape index (κ3) is 3.63. The molecular formula is C15H23N3O2. The lowest BCUT2D eigenvalue weighted by molar-refractivity contribution is -0.117. The minimum atomic E-state index is -0.0388. The van der Waals surface area contributed by atoms with Crippen molar-refractivity contribution in [1.82, 2.24) is 4.90 Å². The molecular weight excluding hydrogens is 254 g/mol. The van der Waals surface area contributed by atoms with Gasteiger partial charge in [0.15, 0.2) is 0 Å². The summed E-state index contributed by atoms with van der Waals surface area (Å²) in [5.41, 5.74) is 6.96. The topological polar surface area (TPSA) is 67.6 Å². The summed E-state index contributed by atoms with van der Waals surface area (Å²) in [5.74, 6) is 1.29. The van der Waals surface area contributed by atoms with Crippen LogP contribution in [0.5, 0.6) is 5.75 Å². The van der Waals surface area contributed by atoms with Gasteiger partial charge in [-0.1, -0.05) is 0 Å². The van der Waals surface area contributed by atoms with Gasteiger partial charge in [-0.3, -0.25) is 9.69 Å². The number of hydrogen-bond donors (Lipinski definition) is 2. The number of hydrogen-bond acceptors (Lipinski definition) is 4. The Bertz CT molecular complexity index is 486. The van der Waals surface area contributed by atoms with Crippen LogP contribution in [0, 0.1) is 5.92 Å². The Labute approximate surface area is 120 Å². The van der Waals surface area contributed by atoms with Crippen LogP contribution in [-0.4, -0.2) is 37.6 Å². The number of anilines is 2. The van der Waals surface area contributed by atoms with Gasteiger partial charge < -0.3 is 15.8 Å². The van der Waals surface area contributed by atoms with E-state index in [2.05, 4.69) is 17.1 Å². The van der Waals surface area contributed by atoms with Crippen LogP contribution in [-0.2, 0) is 4.79 Å². The van der Waals surface area contributed by atoms with Crippen molar-refractivity contribution in [2.75, 3.05) is 31.8 Å². The van der Waals surface area contributed by atoms with Gasteiger partial charge in [-0.15, -0.1) is 0 Å². The fourth-order valence-electron chi connectivity index (χ4n) is 2.31. The van der Waals surface area contributed by atoms with Crippen LogP contribution >= 0.6 is 0 Å². The molecule has 0 saturated heterocycles. The molecule has 3 N–H and O–H groups in total. The van der Waals surface area contributed by atoms with E-state index in [4.69, 9.17) is 10.5 Å². The van der Waals surface area contributed by atoms with Crippen LogP contribution in [0.4, 0.5) is 11.4 Å². The first-order chi connectivity index (χ1) is 9.51. The molecule has 1 atom stereocenters. The summed E-state index contributed by atoms with van der Waals surface area (Å²) in [5, 5.41) is 2.87. The third-order valence-corrected chi connectivity index (χ3v) is 3.89. The summed E-state index contributed by atoms with van der Waals surface area (Å²) in [4.78, 5) is 14.2. The number of rotatable bonds is 6. The van der Waals surface area contributed by atoms with Gasteiger partial charge in [0.1, 0.15) is 5.75 Å². The number of amides is 1. The first kappa shape index (κ1) is 14.7. The zero-order valence-electron chi connectivity index (χ0n) is 12.3. The van der Waals surface area contributed by atoms with Crippen LogP contribution in [0.25, 0.3) is 0 Å². The Kier molecular flexibility index (Phi) is 4.49. The largest absolute Gasteiger partial charge is 0.494 e. The highest BCUT2D eigenvalue weighted by molar-refractivity contribution is 5.94. The summed E-state index contributed by atoms with van der Waals surface area (Å²) in [6.07, 6.45) is 2.55. The van der Waals surface area contributed by atoms with Crippen molar-refractivity contribution in [3.05, 3.63) is 18.2 Å². The Morgan fingerprint density at radius 2 is 2.25 bits per heavy atom. The maximum atomic E-state index is 12.1. The molecule has 0 aromatic heterocycles. The van der Waals surface area contributed by atoms with E-state index in [1.54, 1.807) is 25.3 Å². The van der Waals surface area contributed by atoms with Gasteiger partial charge in [-0.2, -0.15) is 0 Å². The number of carbonyl (C=O) groups excluding carboxylic acids is 1. The third-order valence-electron chi connectivity index (χ3n) is 3.89. The summed E-state index contributed by atoms with van der Waals surface area (Å²) in [6, 6.07) is 5.66. The van der Waals surface area contributed by atoms with Gasteiger partial charge in [0.2, 0.25) is 5.91 Å². The Morgan fingerprint density at radius 1 is 1.55 bits per heavy atom. The van der Waals surface area contributed by atoms with Crippen molar-refractivity contribution in [3.63, 3.8) is 0 Å². The molecule has 0 radical (unpaired) electrons. The van der Waals surface area contributed by atoms with Gasteiger partial charge in [-0.25, -0.2) is 0 Å². The fourth-order valence-corrected chi connectivity index (χ4v) is 2.31. The van der Waals surface area contributed by atoms with Crippen LogP contribution < -0.4 is 15.8 Å². The van der Waals surface area contributed by atoms with Gasteiger partial charge in [-0.05, 0) is 44.9 Å². The van der Waals surface area contributed by atoms with E-state index in [1.165, 1.54) is 12.8 Å². The maximum absolute atomic E-state index is 12.1. The van der Waals surface area contributed by atoms with E-state index in [9.17, 15) is 4.79 Å². The lowest BCUT2D eigenvalue weighted by Crippen LogP contribution is -2.37. The normalized spacial score (nSPS) is 16.0. The Balaban J connectivity index is 1.93. The molecule has 5 heteroatoms. The highest BCUT2D eigenvalue weighted by Crippen LogP contribution is 2.34.